The summed E-state index contributed by atoms with van der Waals surface area (Å²) in [6.45, 7) is 4.90. The number of likely N-dealkylation sites (tertiary alicyclic amines) is 1. The van der Waals surface area contributed by atoms with Gasteiger partial charge >= 0.3 is 0 Å². The zero-order valence-electron chi connectivity index (χ0n) is 11.5. The third kappa shape index (κ3) is 3.84. The minimum atomic E-state index is -0.0194. The van der Waals surface area contributed by atoms with Crippen molar-refractivity contribution in [3.63, 3.8) is 0 Å². The van der Waals surface area contributed by atoms with Crippen molar-refractivity contribution in [1.29, 1.82) is 0 Å². The van der Waals surface area contributed by atoms with Crippen molar-refractivity contribution in [2.45, 2.75) is 51.5 Å². The molecular weight excluding hydrogens is 224 g/mol. The molecule has 1 saturated heterocycles. The van der Waals surface area contributed by atoms with Gasteiger partial charge in [0.25, 0.3) is 0 Å². The Morgan fingerprint density at radius 3 is 2.78 bits per heavy atom. The number of carbonyl (C=O) groups excluding carboxylic acids is 1. The van der Waals surface area contributed by atoms with Crippen LogP contribution in [0.4, 0.5) is 0 Å². The van der Waals surface area contributed by atoms with Crippen LogP contribution in [0.25, 0.3) is 0 Å². The summed E-state index contributed by atoms with van der Waals surface area (Å²) in [5.74, 6) is 1.01. The zero-order valence-corrected chi connectivity index (χ0v) is 11.5. The fraction of sp³-hybridized carbons (Fsp3) is 0.800. The van der Waals surface area contributed by atoms with Gasteiger partial charge in [-0.2, -0.15) is 0 Å². The summed E-state index contributed by atoms with van der Waals surface area (Å²) in [5, 5.41) is 3.42. The van der Waals surface area contributed by atoms with Gasteiger partial charge in [-0.15, -0.1) is 0 Å². The molecule has 2 aliphatic rings. The van der Waals surface area contributed by atoms with Crippen LogP contribution < -0.4 is 5.32 Å². The summed E-state index contributed by atoms with van der Waals surface area (Å²) in [6.07, 6.45) is 11.8. The largest absolute Gasteiger partial charge is 0.341 e. The molecule has 1 N–H and O–H groups in total. The lowest BCUT2D eigenvalue weighted by molar-refractivity contribution is -0.133. The molecule has 1 fully saturated rings. The second kappa shape index (κ2) is 6.93. The van der Waals surface area contributed by atoms with Crippen LogP contribution in [0, 0.1) is 5.92 Å². The Kier molecular flexibility index (Phi) is 5.24. The van der Waals surface area contributed by atoms with Crippen molar-refractivity contribution in [3.8, 4) is 0 Å². The molecule has 1 aliphatic carbocycles. The minimum Gasteiger partial charge on any atom is -0.341 e. The van der Waals surface area contributed by atoms with Crippen molar-refractivity contribution in [2.24, 2.45) is 5.92 Å². The van der Waals surface area contributed by atoms with Crippen molar-refractivity contribution in [1.82, 2.24) is 10.2 Å². The van der Waals surface area contributed by atoms with Crippen LogP contribution in [0.15, 0.2) is 12.2 Å². The van der Waals surface area contributed by atoms with E-state index >= 15 is 0 Å². The molecule has 3 heteroatoms. The molecule has 0 aromatic carbocycles. The van der Waals surface area contributed by atoms with Gasteiger partial charge in [-0.25, -0.2) is 0 Å². The standard InChI is InChI=1S/C15H26N2O/c1-13(15(18)17-10-6-3-7-11-17)16-12-14-8-4-2-5-9-14/h2,4,13-14,16H,3,5-12H2,1H3/t13-,14?/m0/s1. The van der Waals surface area contributed by atoms with Gasteiger partial charge in [-0.1, -0.05) is 12.2 Å². The van der Waals surface area contributed by atoms with E-state index in [0.29, 0.717) is 11.8 Å². The number of nitrogens with zero attached hydrogens (tertiary/aromatic N) is 1. The highest BCUT2D eigenvalue weighted by Gasteiger charge is 2.22. The molecule has 0 saturated carbocycles. The number of nitrogens with one attached hydrogen (secondary N) is 1. The fourth-order valence-electron chi connectivity index (χ4n) is 2.86. The van der Waals surface area contributed by atoms with Crippen LogP contribution in [0.2, 0.25) is 0 Å². The average Bonchev–Trinajstić information content (AvgIpc) is 2.46. The summed E-state index contributed by atoms with van der Waals surface area (Å²) in [7, 11) is 0. The van der Waals surface area contributed by atoms with Gasteiger partial charge in [0.2, 0.25) is 5.91 Å². The third-order valence-corrected chi connectivity index (χ3v) is 4.13. The molecular formula is C15H26N2O. The molecule has 0 bridgehead atoms. The molecule has 2 rings (SSSR count). The lowest BCUT2D eigenvalue weighted by Gasteiger charge is -2.30. The van der Waals surface area contributed by atoms with Gasteiger partial charge in [-0.3, -0.25) is 4.79 Å². The van der Waals surface area contributed by atoms with Crippen LogP contribution in [0.1, 0.15) is 45.4 Å². The van der Waals surface area contributed by atoms with Crippen LogP contribution in [0.3, 0.4) is 0 Å². The maximum atomic E-state index is 12.2. The highest BCUT2D eigenvalue weighted by atomic mass is 16.2. The summed E-state index contributed by atoms with van der Waals surface area (Å²) >= 11 is 0. The Labute approximate surface area is 111 Å². The average molecular weight is 250 g/mol. The molecule has 1 aliphatic heterocycles. The van der Waals surface area contributed by atoms with Crippen molar-refractivity contribution in [3.05, 3.63) is 12.2 Å². The van der Waals surface area contributed by atoms with E-state index in [2.05, 4.69) is 17.5 Å². The number of amides is 1. The van der Waals surface area contributed by atoms with Gasteiger partial charge in [0.15, 0.2) is 0 Å². The first-order valence-electron chi connectivity index (χ1n) is 7.44. The molecule has 1 heterocycles. The molecule has 0 spiro atoms. The molecule has 3 nitrogen and oxygen atoms in total. The number of hydrogen-bond acceptors (Lipinski definition) is 2. The van der Waals surface area contributed by atoms with Gasteiger partial charge in [0.05, 0.1) is 6.04 Å². The summed E-state index contributed by atoms with van der Waals surface area (Å²) in [5.41, 5.74) is 0. The zero-order chi connectivity index (χ0) is 12.8. The molecule has 2 atom stereocenters. The highest BCUT2D eigenvalue weighted by molar-refractivity contribution is 5.81. The molecule has 1 amide bonds. The van der Waals surface area contributed by atoms with E-state index in [-0.39, 0.29) is 6.04 Å². The van der Waals surface area contributed by atoms with Crippen LogP contribution in [-0.2, 0) is 4.79 Å². The second-order valence-electron chi connectivity index (χ2n) is 5.67. The van der Waals surface area contributed by atoms with Crippen molar-refractivity contribution in [2.75, 3.05) is 19.6 Å². The van der Waals surface area contributed by atoms with Crippen LogP contribution in [-0.4, -0.2) is 36.5 Å². The van der Waals surface area contributed by atoms with E-state index in [1.54, 1.807) is 0 Å². The van der Waals surface area contributed by atoms with E-state index in [0.717, 1.165) is 26.1 Å². The Morgan fingerprint density at radius 2 is 2.11 bits per heavy atom. The first-order chi connectivity index (χ1) is 8.77. The number of allylic oxidation sites excluding steroid dienone is 2. The van der Waals surface area contributed by atoms with E-state index in [4.69, 9.17) is 0 Å². The summed E-state index contributed by atoms with van der Waals surface area (Å²) in [4.78, 5) is 14.2. The number of carbonyl (C=O) groups is 1. The highest BCUT2D eigenvalue weighted by Crippen LogP contribution is 2.17. The number of piperidine rings is 1. The fourth-order valence-corrected chi connectivity index (χ4v) is 2.86. The maximum absolute atomic E-state index is 12.2. The Balaban J connectivity index is 1.71. The van der Waals surface area contributed by atoms with Crippen molar-refractivity contribution < 1.29 is 4.79 Å². The predicted octanol–water partition coefficient (Wildman–Crippen LogP) is 2.33. The molecule has 0 aromatic rings. The van der Waals surface area contributed by atoms with Crippen molar-refractivity contribution >= 4 is 5.91 Å². The SMILES string of the molecule is C[C@H](NCC1CC=CCC1)C(=O)N1CCCCC1. The van der Waals surface area contributed by atoms with Crippen LogP contribution >= 0.6 is 0 Å². The van der Waals surface area contributed by atoms with E-state index in [9.17, 15) is 4.79 Å². The first kappa shape index (κ1) is 13.6. The maximum Gasteiger partial charge on any atom is 0.239 e. The Morgan fingerprint density at radius 1 is 1.33 bits per heavy atom. The Bertz CT molecular complexity index is 295. The smallest absolute Gasteiger partial charge is 0.239 e. The van der Waals surface area contributed by atoms with Gasteiger partial charge < -0.3 is 10.2 Å². The lowest BCUT2D eigenvalue weighted by Crippen LogP contribution is -2.47. The van der Waals surface area contributed by atoms with E-state index < -0.39 is 0 Å². The monoisotopic (exact) mass is 250 g/mol. The van der Waals surface area contributed by atoms with Gasteiger partial charge in [0, 0.05) is 13.1 Å². The predicted molar refractivity (Wildman–Crippen MR) is 74.4 cm³/mol. The molecule has 0 radical (unpaired) electrons. The topological polar surface area (TPSA) is 32.3 Å². The van der Waals surface area contributed by atoms with Gasteiger partial charge in [-0.05, 0) is 57.9 Å². The summed E-state index contributed by atoms with van der Waals surface area (Å²) in [6, 6.07) is -0.0194. The lowest BCUT2D eigenvalue weighted by atomic mass is 9.94. The molecule has 18 heavy (non-hydrogen) atoms. The molecule has 0 aromatic heterocycles. The minimum absolute atomic E-state index is 0.0194. The third-order valence-electron chi connectivity index (χ3n) is 4.13. The normalized spacial score (nSPS) is 26.1. The van der Waals surface area contributed by atoms with E-state index in [1.165, 1.54) is 32.1 Å². The summed E-state index contributed by atoms with van der Waals surface area (Å²) < 4.78 is 0. The Hall–Kier alpha value is -0.830. The molecule has 102 valence electrons. The number of rotatable bonds is 4. The van der Waals surface area contributed by atoms with Crippen LogP contribution in [0.5, 0.6) is 0 Å². The second-order valence-corrected chi connectivity index (χ2v) is 5.67. The quantitative estimate of drug-likeness (QED) is 0.777. The molecule has 1 unspecified atom stereocenters. The number of hydrogen-bond donors (Lipinski definition) is 1. The van der Waals surface area contributed by atoms with Gasteiger partial charge in [0.1, 0.15) is 0 Å². The van der Waals surface area contributed by atoms with E-state index in [1.807, 2.05) is 11.8 Å². The first-order valence-corrected chi connectivity index (χ1v) is 7.44.